The summed E-state index contributed by atoms with van der Waals surface area (Å²) < 4.78 is 0.881. The molecular formula is C15H19N3OS2. The fourth-order valence-electron chi connectivity index (χ4n) is 1.77. The molecule has 1 amide bonds. The third-order valence-corrected chi connectivity index (χ3v) is 4.85. The molecule has 1 heterocycles. The molecule has 1 N–H and O–H groups in total. The molecule has 0 aliphatic heterocycles. The van der Waals surface area contributed by atoms with Crippen LogP contribution in [0.15, 0.2) is 22.5 Å². The van der Waals surface area contributed by atoms with E-state index in [0.29, 0.717) is 16.8 Å². The fourth-order valence-corrected chi connectivity index (χ4v) is 3.76. The number of nitrogens with one attached hydrogen (secondary N) is 1. The van der Waals surface area contributed by atoms with Crippen molar-refractivity contribution in [2.45, 2.75) is 43.7 Å². The summed E-state index contributed by atoms with van der Waals surface area (Å²) >= 11 is 3.06. The Morgan fingerprint density at radius 1 is 1.29 bits per heavy atom. The smallest absolute Gasteiger partial charge is 0.230 e. The van der Waals surface area contributed by atoms with Crippen molar-refractivity contribution in [2.24, 2.45) is 0 Å². The van der Waals surface area contributed by atoms with E-state index in [-0.39, 0.29) is 5.91 Å². The van der Waals surface area contributed by atoms with Crippen molar-refractivity contribution >= 4 is 34.1 Å². The molecule has 112 valence electrons. The van der Waals surface area contributed by atoms with Gasteiger partial charge in [-0.25, -0.2) is 0 Å². The number of amides is 1. The molecular weight excluding hydrogens is 302 g/mol. The molecule has 0 spiro atoms. The Bertz CT molecular complexity index is 638. The van der Waals surface area contributed by atoms with Gasteiger partial charge in [0.15, 0.2) is 4.34 Å². The molecule has 0 aliphatic carbocycles. The van der Waals surface area contributed by atoms with Crippen molar-refractivity contribution in [2.75, 3.05) is 5.32 Å². The zero-order valence-corrected chi connectivity index (χ0v) is 14.3. The standard InChI is InChI=1S/C15H19N3OS2/c1-9(2)20-15-18-17-14(21-15)16-13(19)8-12-6-5-10(3)11(4)7-12/h5-7,9H,8H2,1-4H3,(H,16,17,19). The van der Waals surface area contributed by atoms with E-state index in [1.807, 2.05) is 12.1 Å². The quantitative estimate of drug-likeness (QED) is 0.671. The Labute approximate surface area is 133 Å². The summed E-state index contributed by atoms with van der Waals surface area (Å²) in [4.78, 5) is 12.0. The predicted octanol–water partition coefficient (Wildman–Crippen LogP) is 3.84. The zero-order chi connectivity index (χ0) is 15.4. The Morgan fingerprint density at radius 2 is 2.05 bits per heavy atom. The van der Waals surface area contributed by atoms with Crippen LogP contribution >= 0.6 is 23.1 Å². The Balaban J connectivity index is 1.95. The second kappa shape index (κ2) is 7.04. The molecule has 21 heavy (non-hydrogen) atoms. The summed E-state index contributed by atoms with van der Waals surface area (Å²) in [6.45, 7) is 8.32. The first-order valence-electron chi connectivity index (χ1n) is 6.80. The molecule has 1 aromatic carbocycles. The molecule has 0 saturated heterocycles. The van der Waals surface area contributed by atoms with E-state index in [2.05, 4.69) is 49.3 Å². The van der Waals surface area contributed by atoms with Gasteiger partial charge < -0.3 is 5.32 Å². The van der Waals surface area contributed by atoms with Gasteiger partial charge in [-0.2, -0.15) is 0 Å². The van der Waals surface area contributed by atoms with Crippen LogP contribution in [0.1, 0.15) is 30.5 Å². The molecule has 1 aromatic heterocycles. The summed E-state index contributed by atoms with van der Waals surface area (Å²) in [5.74, 6) is -0.0597. The third kappa shape index (κ3) is 4.82. The van der Waals surface area contributed by atoms with Gasteiger partial charge in [-0.1, -0.05) is 55.1 Å². The van der Waals surface area contributed by atoms with Crippen molar-refractivity contribution in [1.82, 2.24) is 10.2 Å². The zero-order valence-electron chi connectivity index (χ0n) is 12.6. The van der Waals surface area contributed by atoms with Crippen molar-refractivity contribution in [1.29, 1.82) is 0 Å². The molecule has 0 bridgehead atoms. The van der Waals surface area contributed by atoms with Gasteiger partial charge in [0, 0.05) is 5.25 Å². The van der Waals surface area contributed by atoms with Crippen LogP contribution in [0.25, 0.3) is 0 Å². The lowest BCUT2D eigenvalue weighted by Crippen LogP contribution is -2.14. The fraction of sp³-hybridized carbons (Fsp3) is 0.400. The second-order valence-corrected chi connectivity index (χ2v) is 7.98. The summed E-state index contributed by atoms with van der Waals surface area (Å²) in [7, 11) is 0. The average Bonchev–Trinajstić information content (AvgIpc) is 2.80. The Morgan fingerprint density at radius 3 is 2.71 bits per heavy atom. The number of anilines is 1. The van der Waals surface area contributed by atoms with Crippen molar-refractivity contribution in [3.05, 3.63) is 34.9 Å². The molecule has 0 aliphatic rings. The predicted molar refractivity (Wildman–Crippen MR) is 89.2 cm³/mol. The maximum absolute atomic E-state index is 12.0. The number of carbonyl (C=O) groups excluding carboxylic acids is 1. The number of aryl methyl sites for hydroxylation is 2. The maximum atomic E-state index is 12.0. The molecule has 0 atom stereocenters. The summed E-state index contributed by atoms with van der Waals surface area (Å²) in [5, 5.41) is 11.9. The summed E-state index contributed by atoms with van der Waals surface area (Å²) in [6, 6.07) is 6.08. The van der Waals surface area contributed by atoms with E-state index in [0.717, 1.165) is 9.90 Å². The number of nitrogens with zero attached hydrogens (tertiary/aromatic N) is 2. The number of thioether (sulfide) groups is 1. The van der Waals surface area contributed by atoms with Crippen molar-refractivity contribution in [3.63, 3.8) is 0 Å². The van der Waals surface area contributed by atoms with Gasteiger partial charge in [0.05, 0.1) is 6.42 Å². The van der Waals surface area contributed by atoms with E-state index >= 15 is 0 Å². The summed E-state index contributed by atoms with van der Waals surface area (Å²) in [6.07, 6.45) is 0.355. The Kier molecular flexibility index (Phi) is 5.36. The largest absolute Gasteiger partial charge is 0.300 e. The van der Waals surface area contributed by atoms with Crippen LogP contribution < -0.4 is 5.32 Å². The molecule has 2 rings (SSSR count). The number of hydrogen-bond donors (Lipinski definition) is 1. The van der Waals surface area contributed by atoms with Crippen molar-refractivity contribution in [3.8, 4) is 0 Å². The maximum Gasteiger partial charge on any atom is 0.230 e. The van der Waals surface area contributed by atoms with Crippen LogP contribution in [0.4, 0.5) is 5.13 Å². The Hall–Kier alpha value is -1.40. The highest BCUT2D eigenvalue weighted by molar-refractivity contribution is 8.01. The minimum atomic E-state index is -0.0597. The molecule has 2 aromatic rings. The van der Waals surface area contributed by atoms with Crippen LogP contribution in [-0.2, 0) is 11.2 Å². The van der Waals surface area contributed by atoms with Gasteiger partial charge in [-0.05, 0) is 30.5 Å². The van der Waals surface area contributed by atoms with Crippen LogP contribution in [0.5, 0.6) is 0 Å². The number of carbonyl (C=O) groups is 1. The van der Waals surface area contributed by atoms with E-state index in [1.165, 1.54) is 22.5 Å². The third-order valence-electron chi connectivity index (χ3n) is 2.93. The molecule has 0 unspecified atom stereocenters. The van der Waals surface area contributed by atoms with Crippen LogP contribution in [-0.4, -0.2) is 21.4 Å². The molecule has 6 heteroatoms. The molecule has 0 fully saturated rings. The normalized spacial score (nSPS) is 10.9. The summed E-state index contributed by atoms with van der Waals surface area (Å²) in [5.41, 5.74) is 3.45. The first-order chi connectivity index (χ1) is 9.94. The van der Waals surface area contributed by atoms with Gasteiger partial charge in [-0.15, -0.1) is 10.2 Å². The van der Waals surface area contributed by atoms with E-state index < -0.39 is 0 Å². The number of benzene rings is 1. The number of rotatable bonds is 5. The first-order valence-corrected chi connectivity index (χ1v) is 8.50. The highest BCUT2D eigenvalue weighted by Gasteiger charge is 2.10. The monoisotopic (exact) mass is 321 g/mol. The second-order valence-electron chi connectivity index (χ2n) is 5.18. The van der Waals surface area contributed by atoms with Gasteiger partial charge in [0.1, 0.15) is 0 Å². The SMILES string of the molecule is Cc1ccc(CC(=O)Nc2nnc(SC(C)C)s2)cc1C. The van der Waals surface area contributed by atoms with Gasteiger partial charge in [0.25, 0.3) is 0 Å². The minimum absolute atomic E-state index is 0.0597. The first kappa shape index (κ1) is 16.0. The van der Waals surface area contributed by atoms with E-state index in [4.69, 9.17) is 0 Å². The highest BCUT2D eigenvalue weighted by Crippen LogP contribution is 2.28. The van der Waals surface area contributed by atoms with E-state index in [9.17, 15) is 4.79 Å². The van der Waals surface area contributed by atoms with Crippen LogP contribution in [0, 0.1) is 13.8 Å². The number of aromatic nitrogens is 2. The lowest BCUT2D eigenvalue weighted by molar-refractivity contribution is -0.115. The van der Waals surface area contributed by atoms with Gasteiger partial charge in [-0.3, -0.25) is 4.79 Å². The van der Waals surface area contributed by atoms with Crippen LogP contribution in [0.2, 0.25) is 0 Å². The lowest BCUT2D eigenvalue weighted by Gasteiger charge is -2.05. The molecule has 4 nitrogen and oxygen atoms in total. The van der Waals surface area contributed by atoms with Crippen molar-refractivity contribution < 1.29 is 4.79 Å². The van der Waals surface area contributed by atoms with E-state index in [1.54, 1.807) is 11.8 Å². The lowest BCUT2D eigenvalue weighted by atomic mass is 10.0. The number of hydrogen-bond acceptors (Lipinski definition) is 5. The molecule has 0 radical (unpaired) electrons. The topological polar surface area (TPSA) is 54.9 Å². The molecule has 0 saturated carbocycles. The van der Waals surface area contributed by atoms with Crippen LogP contribution in [0.3, 0.4) is 0 Å². The van der Waals surface area contributed by atoms with Gasteiger partial charge >= 0.3 is 0 Å². The van der Waals surface area contributed by atoms with Gasteiger partial charge in [0.2, 0.25) is 11.0 Å². The average molecular weight is 321 g/mol. The highest BCUT2D eigenvalue weighted by atomic mass is 32.2. The minimum Gasteiger partial charge on any atom is -0.300 e.